The maximum Gasteiger partial charge on any atom is 0.312 e. The van der Waals surface area contributed by atoms with Gasteiger partial charge in [0.25, 0.3) is 0 Å². The summed E-state index contributed by atoms with van der Waals surface area (Å²) in [5.74, 6) is -0.760. The van der Waals surface area contributed by atoms with Gasteiger partial charge in [0.1, 0.15) is 11.5 Å². The Bertz CT molecular complexity index is 566. The normalized spacial score (nSPS) is 38.2. The number of likely N-dealkylation sites (tertiary alicyclic amines) is 1. The van der Waals surface area contributed by atoms with Crippen LogP contribution in [0.15, 0.2) is 12.2 Å². The van der Waals surface area contributed by atoms with Gasteiger partial charge in [-0.15, -0.1) is 0 Å². The zero-order valence-electron chi connectivity index (χ0n) is 14.6. The summed E-state index contributed by atoms with van der Waals surface area (Å²) in [7, 11) is 0. The van der Waals surface area contributed by atoms with E-state index in [0.29, 0.717) is 19.2 Å². The van der Waals surface area contributed by atoms with Crippen molar-refractivity contribution in [1.29, 1.82) is 0 Å². The van der Waals surface area contributed by atoms with Crippen molar-refractivity contribution in [3.05, 3.63) is 12.2 Å². The minimum atomic E-state index is -0.597. The third-order valence-corrected chi connectivity index (χ3v) is 5.98. The number of fused-ring (bicyclic) bond motifs is 1. The van der Waals surface area contributed by atoms with Crippen LogP contribution in [-0.2, 0) is 19.1 Å². The number of carbonyl (C=O) groups excluding carboxylic acids is 2. The van der Waals surface area contributed by atoms with E-state index in [9.17, 15) is 9.59 Å². The first-order valence-corrected chi connectivity index (χ1v) is 9.36. The summed E-state index contributed by atoms with van der Waals surface area (Å²) in [6.07, 6.45) is 9.46. The number of hydrogen-bond donors (Lipinski definition) is 0. The van der Waals surface area contributed by atoms with Crippen molar-refractivity contribution in [3.8, 4) is 0 Å². The van der Waals surface area contributed by atoms with Gasteiger partial charge in [0.2, 0.25) is 5.91 Å². The summed E-state index contributed by atoms with van der Waals surface area (Å²) in [5.41, 5.74) is -0.597. The van der Waals surface area contributed by atoms with Crippen LogP contribution in [0.2, 0.25) is 0 Å². The topological polar surface area (TPSA) is 55.8 Å². The Labute approximate surface area is 143 Å². The molecule has 4 rings (SSSR count). The molecule has 2 bridgehead atoms. The minimum Gasteiger partial charge on any atom is -0.465 e. The van der Waals surface area contributed by atoms with E-state index >= 15 is 0 Å². The van der Waals surface area contributed by atoms with Crippen molar-refractivity contribution < 1.29 is 19.1 Å². The molecule has 1 aliphatic carbocycles. The molecule has 0 N–H and O–H groups in total. The molecular formula is C19H27NO4. The largest absolute Gasteiger partial charge is 0.465 e. The number of ether oxygens (including phenoxy) is 2. The van der Waals surface area contributed by atoms with Crippen LogP contribution in [-0.4, -0.2) is 47.7 Å². The summed E-state index contributed by atoms with van der Waals surface area (Å²) >= 11 is 0. The van der Waals surface area contributed by atoms with Gasteiger partial charge in [-0.3, -0.25) is 9.59 Å². The molecule has 4 atom stereocenters. The molecule has 3 fully saturated rings. The molecule has 0 aromatic heterocycles. The smallest absolute Gasteiger partial charge is 0.312 e. The van der Waals surface area contributed by atoms with Gasteiger partial charge < -0.3 is 14.4 Å². The Morgan fingerprint density at radius 2 is 2.12 bits per heavy atom. The molecular weight excluding hydrogens is 306 g/mol. The third kappa shape index (κ3) is 2.40. The average Bonchev–Trinajstić information content (AvgIpc) is 3.22. The fourth-order valence-corrected chi connectivity index (χ4v) is 4.84. The minimum absolute atomic E-state index is 0.0975. The molecule has 5 heteroatoms. The zero-order valence-corrected chi connectivity index (χ0v) is 14.6. The van der Waals surface area contributed by atoms with Crippen molar-refractivity contribution in [2.75, 3.05) is 13.2 Å². The molecule has 0 aromatic rings. The quantitative estimate of drug-likeness (QED) is 0.585. The summed E-state index contributed by atoms with van der Waals surface area (Å²) in [6, 6.07) is 0.314. The van der Waals surface area contributed by atoms with E-state index in [1.807, 2.05) is 30.9 Å². The van der Waals surface area contributed by atoms with E-state index < -0.39 is 17.4 Å². The lowest BCUT2D eigenvalue weighted by Gasteiger charge is -2.32. The molecule has 132 valence electrons. The van der Waals surface area contributed by atoms with Crippen molar-refractivity contribution in [2.45, 2.75) is 63.7 Å². The molecule has 3 heterocycles. The van der Waals surface area contributed by atoms with Crippen LogP contribution < -0.4 is 0 Å². The van der Waals surface area contributed by atoms with Crippen LogP contribution in [0, 0.1) is 17.8 Å². The number of esters is 1. The predicted molar refractivity (Wildman–Crippen MR) is 88.1 cm³/mol. The number of carbonyl (C=O) groups is 2. The van der Waals surface area contributed by atoms with E-state index in [4.69, 9.17) is 9.47 Å². The van der Waals surface area contributed by atoms with Crippen molar-refractivity contribution >= 4 is 11.9 Å². The monoisotopic (exact) mass is 333 g/mol. The molecule has 0 aromatic carbocycles. The molecule has 4 aliphatic rings. The number of nitrogens with zero attached hydrogens (tertiary/aromatic N) is 1. The maximum absolute atomic E-state index is 13.1. The Hall–Kier alpha value is -1.36. The molecule has 2 saturated heterocycles. The molecule has 5 nitrogen and oxygen atoms in total. The highest BCUT2D eigenvalue weighted by molar-refractivity contribution is 5.91. The molecule has 1 spiro atoms. The first-order valence-electron chi connectivity index (χ1n) is 9.36. The highest BCUT2D eigenvalue weighted by Gasteiger charge is 2.67. The maximum atomic E-state index is 13.1. The van der Waals surface area contributed by atoms with Crippen molar-refractivity contribution in [3.63, 3.8) is 0 Å². The van der Waals surface area contributed by atoms with Crippen LogP contribution in [0.5, 0.6) is 0 Å². The number of rotatable bonds is 4. The van der Waals surface area contributed by atoms with Crippen LogP contribution in [0.25, 0.3) is 0 Å². The Morgan fingerprint density at radius 3 is 2.83 bits per heavy atom. The van der Waals surface area contributed by atoms with Gasteiger partial charge in [0.15, 0.2) is 0 Å². The Kier molecular flexibility index (Phi) is 3.94. The average molecular weight is 333 g/mol. The Morgan fingerprint density at radius 1 is 1.38 bits per heavy atom. The molecule has 24 heavy (non-hydrogen) atoms. The van der Waals surface area contributed by atoms with E-state index in [1.54, 1.807) is 0 Å². The highest BCUT2D eigenvalue weighted by Crippen LogP contribution is 2.53. The van der Waals surface area contributed by atoms with Gasteiger partial charge in [-0.1, -0.05) is 45.3 Å². The van der Waals surface area contributed by atoms with E-state index in [1.165, 1.54) is 19.3 Å². The fourth-order valence-electron chi connectivity index (χ4n) is 4.84. The summed E-state index contributed by atoms with van der Waals surface area (Å²) in [5, 5.41) is 0. The standard InChI is InChI=1S/C19H27NO4/c1-12(2)10-23-18(22)15-14-8-9-19(24-14)11-20(17(21)16(15)19)13-6-4-3-5-7-13/h8-9,12-16H,3-7,10-11H2,1-2H3/t14-,15-,16-,19+/m1/s1. The van der Waals surface area contributed by atoms with Gasteiger partial charge in [-0.25, -0.2) is 0 Å². The highest BCUT2D eigenvalue weighted by atomic mass is 16.6. The predicted octanol–water partition coefficient (Wildman–Crippen LogP) is 2.30. The van der Waals surface area contributed by atoms with Gasteiger partial charge >= 0.3 is 5.97 Å². The third-order valence-electron chi connectivity index (χ3n) is 5.98. The lowest BCUT2D eigenvalue weighted by atomic mass is 9.77. The van der Waals surface area contributed by atoms with E-state index in [0.717, 1.165) is 12.8 Å². The number of amides is 1. The van der Waals surface area contributed by atoms with Crippen LogP contribution in [0.3, 0.4) is 0 Å². The summed E-state index contributed by atoms with van der Waals surface area (Å²) in [6.45, 7) is 5.02. The number of hydrogen-bond acceptors (Lipinski definition) is 4. The molecule has 0 radical (unpaired) electrons. The molecule has 1 saturated carbocycles. The fraction of sp³-hybridized carbons (Fsp3) is 0.789. The van der Waals surface area contributed by atoms with Crippen LogP contribution in [0.1, 0.15) is 46.0 Å². The first-order chi connectivity index (χ1) is 11.5. The van der Waals surface area contributed by atoms with Gasteiger partial charge in [0, 0.05) is 6.04 Å². The molecule has 0 unspecified atom stereocenters. The van der Waals surface area contributed by atoms with Crippen molar-refractivity contribution in [2.24, 2.45) is 17.8 Å². The second-order valence-corrected chi connectivity index (χ2v) is 8.18. The SMILES string of the molecule is CC(C)COC(=O)[C@@H]1[C@H]2C=C[C@@]3(CN(C4CCCCC4)C(=O)[C@@H]13)O2. The van der Waals surface area contributed by atoms with E-state index in [-0.39, 0.29) is 23.9 Å². The van der Waals surface area contributed by atoms with Crippen LogP contribution >= 0.6 is 0 Å². The summed E-state index contributed by atoms with van der Waals surface area (Å²) in [4.78, 5) is 27.7. The van der Waals surface area contributed by atoms with Crippen molar-refractivity contribution in [1.82, 2.24) is 4.90 Å². The van der Waals surface area contributed by atoms with Gasteiger partial charge in [-0.2, -0.15) is 0 Å². The van der Waals surface area contributed by atoms with Gasteiger partial charge in [-0.05, 0) is 18.8 Å². The Balaban J connectivity index is 1.54. The lowest BCUT2D eigenvalue weighted by molar-refractivity contribution is -0.155. The van der Waals surface area contributed by atoms with E-state index in [2.05, 4.69) is 0 Å². The molecule has 1 amide bonds. The second-order valence-electron chi connectivity index (χ2n) is 8.18. The van der Waals surface area contributed by atoms with Gasteiger partial charge in [0.05, 0.1) is 25.2 Å². The summed E-state index contributed by atoms with van der Waals surface area (Å²) < 4.78 is 11.6. The van der Waals surface area contributed by atoms with Crippen LogP contribution in [0.4, 0.5) is 0 Å². The molecule has 3 aliphatic heterocycles. The first kappa shape index (κ1) is 16.1. The lowest BCUT2D eigenvalue weighted by Crippen LogP contribution is -2.42. The second kappa shape index (κ2) is 5.87. The zero-order chi connectivity index (χ0) is 16.9.